The van der Waals surface area contributed by atoms with Gasteiger partial charge in [0.1, 0.15) is 6.42 Å². The van der Waals surface area contributed by atoms with E-state index in [-0.39, 0.29) is 17.9 Å². The van der Waals surface area contributed by atoms with Gasteiger partial charge in [0.05, 0.1) is 5.56 Å². The number of rotatable bonds is 7. The summed E-state index contributed by atoms with van der Waals surface area (Å²) < 4.78 is 6.30. The highest BCUT2D eigenvalue weighted by Crippen LogP contribution is 2.49. The summed E-state index contributed by atoms with van der Waals surface area (Å²) in [5.74, 6) is -0.388. The van der Waals surface area contributed by atoms with E-state index in [0.717, 1.165) is 34.5 Å². The predicted molar refractivity (Wildman–Crippen MR) is 126 cm³/mol. The third-order valence-corrected chi connectivity index (χ3v) is 11.5. The molecule has 3 aromatic carbocycles. The minimum atomic E-state index is -2.27. The molecule has 5 heteroatoms. The fraction of sp³-hybridized carbons (Fsp3) is 0.308. The van der Waals surface area contributed by atoms with Crippen molar-refractivity contribution >= 4 is 30.9 Å². The molecule has 3 aromatic rings. The summed E-state index contributed by atoms with van der Waals surface area (Å²) in [5, 5.41) is 2.18. The summed E-state index contributed by atoms with van der Waals surface area (Å²) in [4.78, 5) is 27.3. The van der Waals surface area contributed by atoms with Gasteiger partial charge in [-0.1, -0.05) is 86.1 Å². The molecular weight excluding hydrogens is 402 g/mol. The van der Waals surface area contributed by atoms with Crippen LogP contribution in [0.15, 0.2) is 72.8 Å². The molecule has 0 spiro atoms. The Hall–Kier alpha value is -2.60. The lowest BCUT2D eigenvalue weighted by Gasteiger charge is -2.48. The Morgan fingerprint density at radius 2 is 1.52 bits per heavy atom. The molecule has 0 aromatic heterocycles. The lowest BCUT2D eigenvalue weighted by molar-refractivity contribution is -1.00. The molecule has 4 rings (SSSR count). The van der Waals surface area contributed by atoms with Gasteiger partial charge in [0.15, 0.2) is 6.04 Å². The Balaban J connectivity index is 1.90. The quantitative estimate of drug-likeness (QED) is 0.188. The first-order valence-electron chi connectivity index (χ1n) is 11.2. The Morgan fingerprint density at radius 1 is 0.903 bits per heavy atom. The van der Waals surface area contributed by atoms with Crippen molar-refractivity contribution < 1.29 is 18.8 Å². The molecule has 2 amide bonds. The van der Waals surface area contributed by atoms with Crippen LogP contribution in [0.1, 0.15) is 49.2 Å². The summed E-state index contributed by atoms with van der Waals surface area (Å²) in [6.45, 7) is 6.37. The van der Waals surface area contributed by atoms with Gasteiger partial charge in [-0.25, -0.2) is 14.1 Å². The number of nitrogens with zero attached hydrogens (tertiary/aromatic N) is 1. The minimum Gasteiger partial charge on any atom is -0.241 e. The van der Waals surface area contributed by atoms with E-state index in [2.05, 4.69) is 39.0 Å². The normalized spacial score (nSPS) is 21.1. The average molecular weight is 433 g/mol. The molecule has 2 unspecified atom stereocenters. The van der Waals surface area contributed by atoms with Crippen LogP contribution in [0.2, 0.25) is 18.1 Å². The van der Waals surface area contributed by atoms with E-state index in [0.29, 0.717) is 12.0 Å². The maximum Gasteiger partial charge on any atom is 0.385 e. The van der Waals surface area contributed by atoms with Crippen LogP contribution < -0.4 is 0 Å². The highest BCUT2D eigenvalue weighted by molar-refractivity contribution is 6.73. The first kappa shape index (κ1) is 21.6. The maximum absolute atomic E-state index is 14.0. The molecular formula is C26H30NO3Si+. The second kappa shape index (κ2) is 8.50. The highest BCUT2D eigenvalue weighted by atomic mass is 28.4. The molecule has 160 valence electrons. The molecule has 1 aliphatic heterocycles. The molecule has 4 nitrogen and oxygen atoms in total. The maximum atomic E-state index is 14.0. The average Bonchev–Trinajstić information content (AvgIpc) is 2.83. The Bertz CT molecular complexity index is 1100. The van der Waals surface area contributed by atoms with Gasteiger partial charge in [0.25, 0.3) is 8.32 Å². The number of fused-ring (bicyclic) bond motifs is 1. The lowest BCUT2D eigenvalue weighted by Crippen LogP contribution is -2.70. The molecule has 0 aliphatic carbocycles. The number of hydrogen-bond donors (Lipinski definition) is 0. The Kier molecular flexibility index (Phi) is 5.93. The van der Waals surface area contributed by atoms with Crippen LogP contribution in [0.3, 0.4) is 0 Å². The minimum absolute atomic E-state index is 0.140. The van der Waals surface area contributed by atoms with Crippen molar-refractivity contribution in [3.8, 4) is 0 Å². The molecule has 31 heavy (non-hydrogen) atoms. The van der Waals surface area contributed by atoms with Crippen molar-refractivity contribution in [2.24, 2.45) is 0 Å². The van der Waals surface area contributed by atoms with Gasteiger partial charge in [-0.15, -0.1) is 0 Å². The Labute approximate surface area is 185 Å². The van der Waals surface area contributed by atoms with E-state index in [1.165, 1.54) is 0 Å². The van der Waals surface area contributed by atoms with Gasteiger partial charge in [0, 0.05) is 5.56 Å². The zero-order valence-electron chi connectivity index (χ0n) is 18.5. The van der Waals surface area contributed by atoms with Crippen LogP contribution in [0.25, 0.3) is 10.8 Å². The van der Waals surface area contributed by atoms with Crippen LogP contribution in [0.5, 0.6) is 0 Å². The van der Waals surface area contributed by atoms with E-state index in [1.54, 1.807) is 12.1 Å². The zero-order chi connectivity index (χ0) is 22.1. The number of carbonyl (C=O) groups excluding carboxylic acids is 2. The largest absolute Gasteiger partial charge is 0.385 e. The summed E-state index contributed by atoms with van der Waals surface area (Å²) in [6, 6.07) is 25.7. The smallest absolute Gasteiger partial charge is 0.241 e. The number of imide groups is 1. The van der Waals surface area contributed by atoms with Crippen molar-refractivity contribution in [1.29, 1.82) is 0 Å². The molecule has 1 aliphatic rings. The van der Waals surface area contributed by atoms with E-state index in [4.69, 9.17) is 4.53 Å². The van der Waals surface area contributed by atoms with E-state index in [9.17, 15) is 9.59 Å². The number of likely N-dealkylation sites (tertiary alicyclic amines) is 1. The number of hydrogen-bond acceptors (Lipinski definition) is 3. The molecule has 0 saturated carbocycles. The second-order valence-electron chi connectivity index (χ2n) is 8.35. The van der Waals surface area contributed by atoms with Crippen molar-refractivity contribution in [2.45, 2.75) is 51.4 Å². The topological polar surface area (TPSA) is 43.4 Å². The van der Waals surface area contributed by atoms with E-state index >= 15 is 0 Å². The van der Waals surface area contributed by atoms with Gasteiger partial charge in [-0.05, 0) is 41.0 Å². The van der Waals surface area contributed by atoms with Gasteiger partial charge < -0.3 is 0 Å². The lowest BCUT2D eigenvalue weighted by atomic mass is 9.88. The number of hydroxylamine groups is 3. The van der Waals surface area contributed by atoms with Crippen LogP contribution >= 0.6 is 0 Å². The van der Waals surface area contributed by atoms with Crippen LogP contribution in [0, 0.1) is 0 Å². The van der Waals surface area contributed by atoms with E-state index in [1.807, 2.05) is 42.5 Å². The van der Waals surface area contributed by atoms with E-state index < -0.39 is 13.0 Å². The number of benzene rings is 3. The van der Waals surface area contributed by atoms with Crippen molar-refractivity contribution in [2.75, 3.05) is 0 Å². The van der Waals surface area contributed by atoms with Gasteiger partial charge in [-0.2, -0.15) is 0 Å². The second-order valence-corrected chi connectivity index (χ2v) is 13.0. The Morgan fingerprint density at radius 3 is 2.16 bits per heavy atom. The highest BCUT2D eigenvalue weighted by Gasteiger charge is 2.67. The molecule has 1 saturated heterocycles. The van der Waals surface area contributed by atoms with Crippen LogP contribution in [-0.4, -0.2) is 24.8 Å². The third-order valence-electron chi connectivity index (χ3n) is 6.95. The molecule has 1 heterocycles. The van der Waals surface area contributed by atoms with Crippen LogP contribution in [0.4, 0.5) is 0 Å². The van der Waals surface area contributed by atoms with Crippen molar-refractivity contribution in [3.05, 3.63) is 83.9 Å². The first-order chi connectivity index (χ1) is 15.0. The number of carbonyl (C=O) groups is 2. The van der Waals surface area contributed by atoms with Crippen molar-refractivity contribution in [1.82, 2.24) is 0 Å². The number of quaternary nitrogens is 1. The fourth-order valence-electron chi connectivity index (χ4n) is 4.77. The standard InChI is InChI=1S/C26H30NO3Si/c1-4-31(5-2,6-3)30-27(26(29)21-14-8-7-9-15-21)24(19-25(27)28)23-18-12-16-20-13-10-11-17-22(20)23/h7-18,24H,4-6,19H2,1-3H3/q+1. The fourth-order valence-corrected chi connectivity index (χ4v) is 7.58. The zero-order valence-corrected chi connectivity index (χ0v) is 19.5. The SMILES string of the molecule is CC[Si](CC)(CC)O[N+]1(C(=O)c2ccccc2)C(=O)CC1c1cccc2ccccc12. The summed E-state index contributed by atoms with van der Waals surface area (Å²) in [5.41, 5.74) is 1.53. The van der Waals surface area contributed by atoms with Crippen LogP contribution in [-0.2, 0) is 9.32 Å². The summed E-state index contributed by atoms with van der Waals surface area (Å²) in [7, 11) is -2.27. The van der Waals surface area contributed by atoms with Gasteiger partial charge in [0.2, 0.25) is 0 Å². The number of amides is 2. The number of β-lactam (4-membered cyclic amide) rings is 1. The monoisotopic (exact) mass is 432 g/mol. The van der Waals surface area contributed by atoms with Gasteiger partial charge in [-0.3, -0.25) is 0 Å². The summed E-state index contributed by atoms with van der Waals surface area (Å²) in [6.07, 6.45) is 0.314. The molecule has 2 atom stereocenters. The predicted octanol–water partition coefficient (Wildman–Crippen LogP) is 6.41. The molecule has 1 fully saturated rings. The van der Waals surface area contributed by atoms with Gasteiger partial charge >= 0.3 is 11.8 Å². The van der Waals surface area contributed by atoms with Crippen molar-refractivity contribution in [3.63, 3.8) is 0 Å². The third kappa shape index (κ3) is 3.47. The molecule has 0 bridgehead atoms. The summed E-state index contributed by atoms with van der Waals surface area (Å²) >= 11 is 0. The first-order valence-corrected chi connectivity index (χ1v) is 13.7. The molecule has 0 N–H and O–H groups in total. The molecule has 0 radical (unpaired) electrons.